The molecule has 0 aromatic heterocycles. The number of nitrogens with zero attached hydrogens (tertiary/aromatic N) is 1. The van der Waals surface area contributed by atoms with Gasteiger partial charge in [-0.05, 0) is 24.6 Å². The van der Waals surface area contributed by atoms with Crippen LogP contribution in [0.25, 0.3) is 0 Å². The molecule has 0 heterocycles. The van der Waals surface area contributed by atoms with E-state index in [4.69, 9.17) is 4.74 Å². The number of benzene rings is 1. The SMILES string of the molecule is COc1cc(C)cc(N(O)C(C)=O)c1. The summed E-state index contributed by atoms with van der Waals surface area (Å²) in [4.78, 5) is 10.9. The van der Waals surface area contributed by atoms with Crippen molar-refractivity contribution in [3.8, 4) is 5.75 Å². The average molecular weight is 195 g/mol. The Balaban J connectivity index is 3.08. The number of carbonyl (C=O) groups excluding carboxylic acids is 1. The number of ether oxygens (including phenoxy) is 1. The molecule has 1 rings (SSSR count). The molecule has 1 aromatic carbocycles. The van der Waals surface area contributed by atoms with E-state index < -0.39 is 5.91 Å². The van der Waals surface area contributed by atoms with Crippen molar-refractivity contribution in [2.24, 2.45) is 0 Å². The molecule has 4 heteroatoms. The standard InChI is InChI=1S/C10H13NO3/c1-7-4-9(11(13)8(2)12)6-10(5-7)14-3/h4-6,13H,1-3H3. The molecule has 0 spiro atoms. The fraction of sp³-hybridized carbons (Fsp3) is 0.300. The average Bonchev–Trinajstić information content (AvgIpc) is 2.15. The van der Waals surface area contributed by atoms with E-state index in [1.165, 1.54) is 14.0 Å². The van der Waals surface area contributed by atoms with Crippen molar-refractivity contribution in [1.29, 1.82) is 0 Å². The Bertz CT molecular complexity index is 349. The molecule has 76 valence electrons. The fourth-order valence-corrected chi connectivity index (χ4v) is 1.15. The summed E-state index contributed by atoms with van der Waals surface area (Å²) in [5, 5.41) is 9.96. The molecule has 0 fully saturated rings. The van der Waals surface area contributed by atoms with E-state index >= 15 is 0 Å². The van der Waals surface area contributed by atoms with E-state index in [2.05, 4.69) is 0 Å². The van der Waals surface area contributed by atoms with Gasteiger partial charge in [0.25, 0.3) is 0 Å². The summed E-state index contributed by atoms with van der Waals surface area (Å²) < 4.78 is 5.02. The van der Waals surface area contributed by atoms with Gasteiger partial charge in [-0.15, -0.1) is 0 Å². The third-order valence-electron chi connectivity index (χ3n) is 1.81. The Morgan fingerprint density at radius 2 is 2.07 bits per heavy atom. The summed E-state index contributed by atoms with van der Waals surface area (Å²) in [6.07, 6.45) is 0. The van der Waals surface area contributed by atoms with Crippen LogP contribution in [0, 0.1) is 6.92 Å². The van der Waals surface area contributed by atoms with Gasteiger partial charge in [0.15, 0.2) is 0 Å². The number of rotatable bonds is 2. The highest BCUT2D eigenvalue weighted by Crippen LogP contribution is 2.22. The van der Waals surface area contributed by atoms with Crippen molar-refractivity contribution in [3.63, 3.8) is 0 Å². The van der Waals surface area contributed by atoms with Crippen molar-refractivity contribution >= 4 is 11.6 Å². The molecule has 0 aliphatic heterocycles. The first-order chi connectivity index (χ1) is 6.54. The monoisotopic (exact) mass is 195 g/mol. The smallest absolute Gasteiger partial charge is 0.247 e. The number of aryl methyl sites for hydroxylation is 1. The Kier molecular flexibility index (Phi) is 3.09. The second-order valence-electron chi connectivity index (χ2n) is 3.04. The fourth-order valence-electron chi connectivity index (χ4n) is 1.15. The van der Waals surface area contributed by atoms with Gasteiger partial charge >= 0.3 is 0 Å². The van der Waals surface area contributed by atoms with E-state index in [-0.39, 0.29) is 0 Å². The van der Waals surface area contributed by atoms with E-state index in [0.29, 0.717) is 16.5 Å². The number of carbonyl (C=O) groups is 1. The Hall–Kier alpha value is -1.55. The van der Waals surface area contributed by atoms with Gasteiger partial charge in [-0.2, -0.15) is 5.06 Å². The highest BCUT2D eigenvalue weighted by atomic mass is 16.5. The number of amides is 1. The molecule has 1 amide bonds. The van der Waals surface area contributed by atoms with Gasteiger partial charge in [-0.1, -0.05) is 0 Å². The van der Waals surface area contributed by atoms with E-state index in [0.717, 1.165) is 5.56 Å². The largest absolute Gasteiger partial charge is 0.497 e. The molecule has 14 heavy (non-hydrogen) atoms. The van der Waals surface area contributed by atoms with Crippen LogP contribution in [0.4, 0.5) is 5.69 Å². The lowest BCUT2D eigenvalue weighted by molar-refractivity contribution is -0.121. The van der Waals surface area contributed by atoms with Crippen LogP contribution >= 0.6 is 0 Å². The van der Waals surface area contributed by atoms with E-state index in [1.54, 1.807) is 12.1 Å². The molecule has 0 atom stereocenters. The predicted molar refractivity (Wildman–Crippen MR) is 52.7 cm³/mol. The molecule has 1 N–H and O–H groups in total. The van der Waals surface area contributed by atoms with Crippen LogP contribution in [0.5, 0.6) is 5.75 Å². The molecule has 0 radical (unpaired) electrons. The van der Waals surface area contributed by atoms with Gasteiger partial charge in [0.05, 0.1) is 12.8 Å². The summed E-state index contributed by atoms with van der Waals surface area (Å²) in [5.74, 6) is 0.179. The number of hydrogen-bond acceptors (Lipinski definition) is 3. The zero-order valence-corrected chi connectivity index (χ0v) is 8.44. The number of anilines is 1. The summed E-state index contributed by atoms with van der Waals surface area (Å²) in [5.41, 5.74) is 1.33. The van der Waals surface area contributed by atoms with Crippen molar-refractivity contribution in [2.75, 3.05) is 12.2 Å². The van der Waals surface area contributed by atoms with Crippen molar-refractivity contribution in [1.82, 2.24) is 0 Å². The predicted octanol–water partition coefficient (Wildman–Crippen LogP) is 1.75. The molecule has 1 aromatic rings. The van der Waals surface area contributed by atoms with Crippen molar-refractivity contribution in [3.05, 3.63) is 23.8 Å². The van der Waals surface area contributed by atoms with Gasteiger partial charge < -0.3 is 4.74 Å². The lowest BCUT2D eigenvalue weighted by atomic mass is 10.2. The van der Waals surface area contributed by atoms with Crippen LogP contribution in [0.2, 0.25) is 0 Å². The van der Waals surface area contributed by atoms with Crippen LogP contribution in [0.1, 0.15) is 12.5 Å². The number of methoxy groups -OCH3 is 1. The van der Waals surface area contributed by atoms with Crippen LogP contribution in [-0.4, -0.2) is 18.2 Å². The van der Waals surface area contributed by atoms with Gasteiger partial charge in [-0.3, -0.25) is 10.0 Å². The minimum Gasteiger partial charge on any atom is -0.497 e. The van der Waals surface area contributed by atoms with Gasteiger partial charge in [0.1, 0.15) is 5.75 Å². The zero-order chi connectivity index (χ0) is 10.7. The molecule has 0 aliphatic carbocycles. The number of hydroxylamine groups is 1. The van der Waals surface area contributed by atoms with Gasteiger partial charge in [0, 0.05) is 13.0 Å². The van der Waals surface area contributed by atoms with Gasteiger partial charge in [-0.25, -0.2) is 0 Å². The maximum absolute atomic E-state index is 10.9. The molecule has 0 bridgehead atoms. The lowest BCUT2D eigenvalue weighted by Gasteiger charge is -2.14. The molecular formula is C10H13NO3. The van der Waals surface area contributed by atoms with E-state index in [9.17, 15) is 10.0 Å². The third-order valence-corrected chi connectivity index (χ3v) is 1.81. The van der Waals surface area contributed by atoms with Crippen LogP contribution < -0.4 is 9.80 Å². The van der Waals surface area contributed by atoms with Crippen LogP contribution in [0.15, 0.2) is 18.2 Å². The van der Waals surface area contributed by atoms with Crippen molar-refractivity contribution in [2.45, 2.75) is 13.8 Å². The van der Waals surface area contributed by atoms with E-state index in [1.807, 2.05) is 13.0 Å². The minimum absolute atomic E-state index is 0.411. The molecular weight excluding hydrogens is 182 g/mol. The molecule has 0 saturated carbocycles. The minimum atomic E-state index is -0.433. The zero-order valence-electron chi connectivity index (χ0n) is 8.44. The summed E-state index contributed by atoms with van der Waals surface area (Å²) in [6, 6.07) is 5.11. The molecule has 0 aliphatic rings. The Morgan fingerprint density at radius 3 is 2.57 bits per heavy atom. The summed E-state index contributed by atoms with van der Waals surface area (Å²) in [6.45, 7) is 3.15. The Labute approximate surface area is 82.7 Å². The maximum atomic E-state index is 10.9. The maximum Gasteiger partial charge on any atom is 0.247 e. The topological polar surface area (TPSA) is 49.8 Å². The second-order valence-corrected chi connectivity index (χ2v) is 3.04. The summed E-state index contributed by atoms with van der Waals surface area (Å²) >= 11 is 0. The third kappa shape index (κ3) is 2.23. The Morgan fingerprint density at radius 1 is 1.43 bits per heavy atom. The van der Waals surface area contributed by atoms with Crippen molar-refractivity contribution < 1.29 is 14.7 Å². The van der Waals surface area contributed by atoms with Crippen LogP contribution in [0.3, 0.4) is 0 Å². The normalized spacial score (nSPS) is 9.71. The van der Waals surface area contributed by atoms with Gasteiger partial charge in [0.2, 0.25) is 5.91 Å². The van der Waals surface area contributed by atoms with Crippen LogP contribution in [-0.2, 0) is 4.79 Å². The molecule has 4 nitrogen and oxygen atoms in total. The summed E-state index contributed by atoms with van der Waals surface area (Å²) in [7, 11) is 1.54. The first-order valence-electron chi connectivity index (χ1n) is 4.20. The first-order valence-corrected chi connectivity index (χ1v) is 4.20. The highest BCUT2D eigenvalue weighted by molar-refractivity contribution is 5.89. The second kappa shape index (κ2) is 4.11. The lowest BCUT2D eigenvalue weighted by Crippen LogP contribution is -2.23. The quantitative estimate of drug-likeness (QED) is 0.577. The number of hydrogen-bond donors (Lipinski definition) is 1. The molecule has 0 unspecified atom stereocenters. The first kappa shape index (κ1) is 10.5. The highest BCUT2D eigenvalue weighted by Gasteiger charge is 2.09. The molecule has 0 saturated heterocycles.